The molecule has 0 unspecified atom stereocenters. The van der Waals surface area contributed by atoms with Crippen LogP contribution in [0.1, 0.15) is 45.4 Å². The molecule has 1 aliphatic carbocycles. The highest BCUT2D eigenvalue weighted by Crippen LogP contribution is 2.34. The van der Waals surface area contributed by atoms with E-state index in [-0.39, 0.29) is 0 Å². The number of ether oxygens (including phenoxy) is 1. The molecule has 4 nitrogen and oxygen atoms in total. The second kappa shape index (κ2) is 7.34. The third kappa shape index (κ3) is 4.96. The van der Waals surface area contributed by atoms with E-state index in [1.807, 2.05) is 24.3 Å². The molecule has 1 saturated carbocycles. The molecule has 2 rings (SSSR count). The first-order valence-electron chi connectivity index (χ1n) is 7.82. The van der Waals surface area contributed by atoms with Crippen molar-refractivity contribution in [3.63, 3.8) is 0 Å². The van der Waals surface area contributed by atoms with E-state index in [2.05, 4.69) is 17.2 Å². The predicted octanol–water partition coefficient (Wildman–Crippen LogP) is 3.78. The molecule has 1 fully saturated rings. The number of benzene rings is 1. The number of nitrogens with one attached hydrogen (secondary N) is 1. The summed E-state index contributed by atoms with van der Waals surface area (Å²) in [5.41, 5.74) is 7.24. The lowest BCUT2D eigenvalue weighted by Crippen LogP contribution is -2.27. The van der Waals surface area contributed by atoms with E-state index in [4.69, 9.17) is 10.5 Å². The molecule has 1 aliphatic rings. The molecule has 1 aromatic carbocycles. The molecule has 0 aliphatic heterocycles. The van der Waals surface area contributed by atoms with Crippen molar-refractivity contribution in [3.8, 4) is 5.75 Å². The van der Waals surface area contributed by atoms with Crippen LogP contribution in [0.2, 0.25) is 0 Å². The lowest BCUT2D eigenvalue weighted by molar-refractivity contribution is 0.290. The van der Waals surface area contributed by atoms with E-state index < -0.39 is 0 Å². The van der Waals surface area contributed by atoms with E-state index in [1.165, 1.54) is 38.5 Å². The largest absolute Gasteiger partial charge is 0.497 e. The van der Waals surface area contributed by atoms with Gasteiger partial charge in [-0.1, -0.05) is 32.6 Å². The van der Waals surface area contributed by atoms with Gasteiger partial charge in [0.05, 0.1) is 7.11 Å². The number of methoxy groups -OCH3 is 1. The highest BCUT2D eigenvalue weighted by Gasteiger charge is 2.25. The molecule has 0 aromatic heterocycles. The number of rotatable bonds is 4. The van der Waals surface area contributed by atoms with Gasteiger partial charge in [0.1, 0.15) is 5.75 Å². The molecule has 0 atom stereocenters. The fraction of sp³-hybridized carbons (Fsp3) is 0.588. The molecule has 0 radical (unpaired) electrons. The molecule has 1 aromatic rings. The van der Waals surface area contributed by atoms with E-state index in [0.29, 0.717) is 11.4 Å². The SMILES string of the molecule is COc1ccc(NC(N)=NCC2(C)CCCCCC2)cc1. The second-order valence-corrected chi connectivity index (χ2v) is 6.28. The standard InChI is InChI=1S/C17H27N3O/c1-17(11-5-3-4-6-12-17)13-19-16(18)20-14-7-9-15(21-2)10-8-14/h7-10H,3-6,11-13H2,1-2H3,(H3,18,19,20). The Hall–Kier alpha value is -1.71. The van der Waals surface area contributed by atoms with E-state index in [0.717, 1.165) is 18.0 Å². The van der Waals surface area contributed by atoms with Gasteiger partial charge in [-0.05, 0) is 42.5 Å². The molecular weight excluding hydrogens is 262 g/mol. The van der Waals surface area contributed by atoms with Crippen molar-refractivity contribution in [2.75, 3.05) is 19.0 Å². The zero-order valence-corrected chi connectivity index (χ0v) is 13.2. The number of hydrogen-bond acceptors (Lipinski definition) is 2. The number of anilines is 1. The van der Waals surface area contributed by atoms with Crippen LogP contribution in [-0.2, 0) is 0 Å². The van der Waals surface area contributed by atoms with Crippen molar-refractivity contribution >= 4 is 11.6 Å². The van der Waals surface area contributed by atoms with Crippen LogP contribution in [0.5, 0.6) is 5.75 Å². The first-order valence-corrected chi connectivity index (χ1v) is 7.82. The maximum absolute atomic E-state index is 6.00. The third-order valence-corrected chi connectivity index (χ3v) is 4.30. The highest BCUT2D eigenvalue weighted by molar-refractivity contribution is 5.92. The molecule has 3 N–H and O–H groups in total. The Morgan fingerprint density at radius 2 is 1.81 bits per heavy atom. The summed E-state index contributed by atoms with van der Waals surface area (Å²) in [6, 6.07) is 7.69. The Bertz CT molecular complexity index is 459. The lowest BCUT2D eigenvalue weighted by atomic mass is 9.83. The fourth-order valence-corrected chi connectivity index (χ4v) is 2.88. The normalized spacial score (nSPS) is 18.9. The van der Waals surface area contributed by atoms with Gasteiger partial charge in [-0.25, -0.2) is 0 Å². The monoisotopic (exact) mass is 289 g/mol. The maximum Gasteiger partial charge on any atom is 0.193 e. The van der Waals surface area contributed by atoms with Gasteiger partial charge in [-0.2, -0.15) is 0 Å². The number of guanidine groups is 1. The summed E-state index contributed by atoms with van der Waals surface area (Å²) < 4.78 is 5.14. The Labute approximate surface area is 127 Å². The van der Waals surface area contributed by atoms with Crippen LogP contribution in [0.25, 0.3) is 0 Å². The summed E-state index contributed by atoms with van der Waals surface area (Å²) >= 11 is 0. The fourth-order valence-electron chi connectivity index (χ4n) is 2.88. The summed E-state index contributed by atoms with van der Waals surface area (Å²) in [7, 11) is 1.66. The van der Waals surface area contributed by atoms with Gasteiger partial charge in [0.2, 0.25) is 0 Å². The second-order valence-electron chi connectivity index (χ2n) is 6.28. The van der Waals surface area contributed by atoms with Gasteiger partial charge in [0.25, 0.3) is 0 Å². The van der Waals surface area contributed by atoms with Gasteiger partial charge in [0, 0.05) is 12.2 Å². The zero-order valence-electron chi connectivity index (χ0n) is 13.2. The summed E-state index contributed by atoms with van der Waals surface area (Å²) in [6.07, 6.45) is 7.87. The van der Waals surface area contributed by atoms with Crippen molar-refractivity contribution in [3.05, 3.63) is 24.3 Å². The van der Waals surface area contributed by atoms with Gasteiger partial charge in [0.15, 0.2) is 5.96 Å². The van der Waals surface area contributed by atoms with Crippen molar-refractivity contribution in [1.82, 2.24) is 0 Å². The predicted molar refractivity (Wildman–Crippen MR) is 88.9 cm³/mol. The van der Waals surface area contributed by atoms with Gasteiger partial charge in [-0.3, -0.25) is 4.99 Å². The molecule has 0 heterocycles. The molecule has 4 heteroatoms. The molecule has 116 valence electrons. The Kier molecular flexibility index (Phi) is 5.48. The van der Waals surface area contributed by atoms with E-state index in [9.17, 15) is 0 Å². The number of nitrogens with zero attached hydrogens (tertiary/aromatic N) is 1. The molecule has 0 amide bonds. The Morgan fingerprint density at radius 3 is 2.38 bits per heavy atom. The Morgan fingerprint density at radius 1 is 1.19 bits per heavy atom. The summed E-state index contributed by atoms with van der Waals surface area (Å²) in [6.45, 7) is 3.14. The average Bonchev–Trinajstić information content (AvgIpc) is 2.71. The average molecular weight is 289 g/mol. The smallest absolute Gasteiger partial charge is 0.193 e. The van der Waals surface area contributed by atoms with Crippen molar-refractivity contribution < 1.29 is 4.74 Å². The minimum Gasteiger partial charge on any atom is -0.497 e. The number of aliphatic imine (C=N–C) groups is 1. The minimum absolute atomic E-state index is 0.308. The van der Waals surface area contributed by atoms with Crippen LogP contribution in [0.4, 0.5) is 5.69 Å². The van der Waals surface area contributed by atoms with Crippen LogP contribution < -0.4 is 15.8 Å². The van der Waals surface area contributed by atoms with Crippen LogP contribution in [0.3, 0.4) is 0 Å². The summed E-state index contributed by atoms with van der Waals surface area (Å²) in [5, 5.41) is 3.14. The van der Waals surface area contributed by atoms with E-state index >= 15 is 0 Å². The molecular formula is C17H27N3O. The topological polar surface area (TPSA) is 59.6 Å². The van der Waals surface area contributed by atoms with Crippen LogP contribution >= 0.6 is 0 Å². The first-order chi connectivity index (χ1) is 10.1. The molecule has 0 spiro atoms. The molecule has 21 heavy (non-hydrogen) atoms. The highest BCUT2D eigenvalue weighted by atomic mass is 16.5. The van der Waals surface area contributed by atoms with Gasteiger partial charge < -0.3 is 15.8 Å². The van der Waals surface area contributed by atoms with Crippen molar-refractivity contribution in [2.45, 2.75) is 45.4 Å². The number of nitrogens with two attached hydrogens (primary N) is 1. The minimum atomic E-state index is 0.308. The Balaban J connectivity index is 1.90. The molecule has 0 saturated heterocycles. The lowest BCUT2D eigenvalue weighted by Gasteiger charge is -2.26. The van der Waals surface area contributed by atoms with Gasteiger partial charge >= 0.3 is 0 Å². The van der Waals surface area contributed by atoms with E-state index in [1.54, 1.807) is 7.11 Å². The van der Waals surface area contributed by atoms with Gasteiger partial charge in [-0.15, -0.1) is 0 Å². The third-order valence-electron chi connectivity index (χ3n) is 4.30. The van der Waals surface area contributed by atoms with Crippen molar-refractivity contribution in [1.29, 1.82) is 0 Å². The summed E-state index contributed by atoms with van der Waals surface area (Å²) in [4.78, 5) is 4.55. The van der Waals surface area contributed by atoms with Crippen molar-refractivity contribution in [2.24, 2.45) is 16.1 Å². The quantitative estimate of drug-likeness (QED) is 0.504. The summed E-state index contributed by atoms with van der Waals surface area (Å²) in [5.74, 6) is 1.33. The first kappa shape index (κ1) is 15.7. The number of hydrogen-bond donors (Lipinski definition) is 2. The molecule has 0 bridgehead atoms. The zero-order chi connectivity index (χ0) is 15.1. The van der Waals surface area contributed by atoms with Crippen LogP contribution in [0, 0.1) is 5.41 Å². The maximum atomic E-state index is 6.00. The van der Waals surface area contributed by atoms with Crippen LogP contribution in [0.15, 0.2) is 29.3 Å². The van der Waals surface area contributed by atoms with Crippen LogP contribution in [-0.4, -0.2) is 19.6 Å².